The van der Waals surface area contributed by atoms with Gasteiger partial charge in [0.25, 0.3) is 0 Å². The van der Waals surface area contributed by atoms with Gasteiger partial charge in [0.15, 0.2) is 0 Å². The van der Waals surface area contributed by atoms with Gasteiger partial charge in [-0.05, 0) is 30.7 Å². The largest absolute Gasteiger partial charge is 0.449 e. The summed E-state index contributed by atoms with van der Waals surface area (Å²) >= 11 is 5.76. The predicted molar refractivity (Wildman–Crippen MR) is 64.7 cm³/mol. The number of nitrogens with zero attached hydrogens (tertiary/aromatic N) is 2. The number of nitriles is 1. The summed E-state index contributed by atoms with van der Waals surface area (Å²) in [4.78, 5) is 3.99. The first-order valence-corrected chi connectivity index (χ1v) is 5.41. The first-order chi connectivity index (χ1) is 8.19. The van der Waals surface area contributed by atoms with Gasteiger partial charge in [-0.2, -0.15) is 5.26 Å². The summed E-state index contributed by atoms with van der Waals surface area (Å²) in [5.41, 5.74) is 1.90. The summed E-state index contributed by atoms with van der Waals surface area (Å²) in [5.74, 6) is 1.02. The smallest absolute Gasteiger partial charge is 0.203 e. The van der Waals surface area contributed by atoms with Crippen molar-refractivity contribution in [1.29, 1.82) is 5.26 Å². The van der Waals surface area contributed by atoms with E-state index >= 15 is 0 Å². The maximum absolute atomic E-state index is 8.62. The molecule has 86 valence electrons. The van der Waals surface area contributed by atoms with Gasteiger partial charge in [-0.3, -0.25) is 0 Å². The van der Waals surface area contributed by atoms with Gasteiger partial charge in [0.05, 0.1) is 18.4 Å². The minimum Gasteiger partial charge on any atom is -0.449 e. The molecular weight excluding hydrogens is 238 g/mol. The molecule has 0 aliphatic heterocycles. The number of hydrogen-bond donors (Lipinski definition) is 1. The summed E-state index contributed by atoms with van der Waals surface area (Å²) < 4.78 is 5.25. The Morgan fingerprint density at radius 3 is 3.00 bits per heavy atom. The molecule has 0 fully saturated rings. The normalized spacial score (nSPS) is 9.94. The molecule has 0 unspecified atom stereocenters. The molecule has 2 aromatic rings. The Morgan fingerprint density at radius 2 is 2.35 bits per heavy atom. The molecule has 17 heavy (non-hydrogen) atoms. The lowest BCUT2D eigenvalue weighted by atomic mass is 10.2. The van der Waals surface area contributed by atoms with Gasteiger partial charge in [-0.1, -0.05) is 11.6 Å². The third-order valence-electron chi connectivity index (χ3n) is 2.30. The lowest BCUT2D eigenvalue weighted by molar-refractivity contribution is 0.506. The van der Waals surface area contributed by atoms with Gasteiger partial charge in [-0.25, -0.2) is 4.98 Å². The Bertz CT molecular complexity index is 571. The van der Waals surface area contributed by atoms with E-state index in [0.29, 0.717) is 23.2 Å². The molecule has 5 heteroatoms. The van der Waals surface area contributed by atoms with E-state index in [1.165, 1.54) is 0 Å². The van der Waals surface area contributed by atoms with Crippen LogP contribution in [-0.4, -0.2) is 4.98 Å². The molecule has 0 radical (unpaired) electrons. The summed E-state index contributed by atoms with van der Waals surface area (Å²) in [6.07, 6.45) is 1.67. The molecule has 2 rings (SSSR count). The Kier molecular flexibility index (Phi) is 3.31. The van der Waals surface area contributed by atoms with Crippen LogP contribution in [0.15, 0.2) is 28.8 Å². The van der Waals surface area contributed by atoms with Crippen LogP contribution >= 0.6 is 11.6 Å². The van der Waals surface area contributed by atoms with Crippen LogP contribution in [0.2, 0.25) is 5.15 Å². The van der Waals surface area contributed by atoms with E-state index in [-0.39, 0.29) is 0 Å². The monoisotopic (exact) mass is 247 g/mol. The van der Waals surface area contributed by atoms with Crippen LogP contribution in [0.4, 0.5) is 5.69 Å². The highest BCUT2D eigenvalue weighted by molar-refractivity contribution is 6.29. The third kappa shape index (κ3) is 2.77. The van der Waals surface area contributed by atoms with Crippen molar-refractivity contribution < 1.29 is 4.42 Å². The number of halogens is 1. The van der Waals surface area contributed by atoms with Crippen molar-refractivity contribution in [3.05, 3.63) is 46.6 Å². The number of pyridine rings is 1. The lowest BCUT2D eigenvalue weighted by Gasteiger charge is -2.07. The zero-order valence-corrected chi connectivity index (χ0v) is 9.95. The first kappa shape index (κ1) is 11.5. The second-order valence-corrected chi connectivity index (χ2v) is 3.94. The van der Waals surface area contributed by atoms with E-state index in [2.05, 4.69) is 10.3 Å². The molecule has 4 nitrogen and oxygen atoms in total. The molecule has 0 amide bonds. The number of aromatic nitrogens is 1. The van der Waals surface area contributed by atoms with Crippen molar-refractivity contribution in [2.75, 3.05) is 5.32 Å². The quantitative estimate of drug-likeness (QED) is 0.847. The highest BCUT2D eigenvalue weighted by Gasteiger charge is 2.03. The minimum atomic E-state index is 0.313. The van der Waals surface area contributed by atoms with E-state index in [1.807, 2.05) is 13.0 Å². The molecule has 0 aliphatic carbocycles. The number of nitrogens with one attached hydrogen (secondary N) is 1. The highest BCUT2D eigenvalue weighted by atomic mass is 35.5. The number of hydrogen-bond acceptors (Lipinski definition) is 4. The average molecular weight is 248 g/mol. The van der Waals surface area contributed by atoms with E-state index in [1.54, 1.807) is 24.4 Å². The van der Waals surface area contributed by atoms with E-state index in [4.69, 9.17) is 21.3 Å². The van der Waals surface area contributed by atoms with Gasteiger partial charge in [0.2, 0.25) is 5.76 Å². The second-order valence-electron chi connectivity index (χ2n) is 3.55. The van der Waals surface area contributed by atoms with Gasteiger partial charge in [-0.15, -0.1) is 0 Å². The topological polar surface area (TPSA) is 61.9 Å². The van der Waals surface area contributed by atoms with Crippen LogP contribution < -0.4 is 5.32 Å². The van der Waals surface area contributed by atoms with Crippen molar-refractivity contribution in [3.8, 4) is 6.07 Å². The van der Waals surface area contributed by atoms with E-state index in [9.17, 15) is 0 Å². The zero-order valence-electron chi connectivity index (χ0n) is 9.20. The van der Waals surface area contributed by atoms with Crippen molar-refractivity contribution in [3.63, 3.8) is 0 Å². The number of anilines is 1. The Balaban J connectivity index is 2.05. The standard InChI is InChI=1S/C12H10ClN3O/c1-8-4-12(13)16-7-11(8)15-6-10-3-2-9(5-14)17-10/h2-4,7,15H,6H2,1H3. The van der Waals surface area contributed by atoms with Gasteiger partial charge in [0.1, 0.15) is 17.0 Å². The van der Waals surface area contributed by atoms with Gasteiger partial charge >= 0.3 is 0 Å². The van der Waals surface area contributed by atoms with Gasteiger partial charge in [0, 0.05) is 0 Å². The number of rotatable bonds is 3. The number of aryl methyl sites for hydroxylation is 1. The van der Waals surface area contributed by atoms with E-state index < -0.39 is 0 Å². The predicted octanol–water partition coefficient (Wildman–Crippen LogP) is 3.12. The van der Waals surface area contributed by atoms with Crippen LogP contribution in [0.25, 0.3) is 0 Å². The summed E-state index contributed by atoms with van der Waals surface area (Å²) in [6, 6.07) is 7.14. The van der Waals surface area contributed by atoms with Crippen molar-refractivity contribution in [1.82, 2.24) is 4.98 Å². The van der Waals surface area contributed by atoms with Crippen molar-refractivity contribution >= 4 is 17.3 Å². The number of furan rings is 1. The summed E-state index contributed by atoms with van der Waals surface area (Å²) in [7, 11) is 0. The maximum Gasteiger partial charge on any atom is 0.203 e. The Morgan fingerprint density at radius 1 is 1.53 bits per heavy atom. The van der Waals surface area contributed by atoms with Crippen LogP contribution in [0.1, 0.15) is 17.1 Å². The zero-order chi connectivity index (χ0) is 12.3. The molecule has 0 aliphatic rings. The molecule has 0 bridgehead atoms. The average Bonchev–Trinajstić information content (AvgIpc) is 2.76. The van der Waals surface area contributed by atoms with Crippen LogP contribution in [0.5, 0.6) is 0 Å². The minimum absolute atomic E-state index is 0.313. The van der Waals surface area contributed by atoms with Gasteiger partial charge < -0.3 is 9.73 Å². The second kappa shape index (κ2) is 4.89. The summed E-state index contributed by atoms with van der Waals surface area (Å²) in [6.45, 7) is 2.45. The van der Waals surface area contributed by atoms with Crippen molar-refractivity contribution in [2.45, 2.75) is 13.5 Å². The molecule has 0 spiro atoms. The molecule has 0 atom stereocenters. The molecule has 1 N–H and O–H groups in total. The molecule has 2 heterocycles. The fraction of sp³-hybridized carbons (Fsp3) is 0.167. The fourth-order valence-corrected chi connectivity index (χ4v) is 1.63. The third-order valence-corrected chi connectivity index (χ3v) is 2.51. The summed E-state index contributed by atoms with van der Waals surface area (Å²) in [5, 5.41) is 12.3. The van der Waals surface area contributed by atoms with E-state index in [0.717, 1.165) is 11.3 Å². The Hall–Kier alpha value is -1.99. The lowest BCUT2D eigenvalue weighted by Crippen LogP contribution is -2.00. The highest BCUT2D eigenvalue weighted by Crippen LogP contribution is 2.18. The first-order valence-electron chi connectivity index (χ1n) is 5.04. The molecule has 0 saturated heterocycles. The molecular formula is C12H10ClN3O. The fourth-order valence-electron chi connectivity index (χ4n) is 1.42. The van der Waals surface area contributed by atoms with Crippen molar-refractivity contribution in [2.24, 2.45) is 0 Å². The molecule has 2 aromatic heterocycles. The SMILES string of the molecule is Cc1cc(Cl)ncc1NCc1ccc(C#N)o1. The van der Waals surface area contributed by atoms with Crippen LogP contribution in [-0.2, 0) is 6.54 Å². The van der Waals surface area contributed by atoms with Crippen LogP contribution in [0.3, 0.4) is 0 Å². The Labute approximate surface area is 104 Å². The molecule has 0 saturated carbocycles. The maximum atomic E-state index is 8.62. The van der Waals surface area contributed by atoms with Crippen LogP contribution in [0, 0.1) is 18.3 Å². The molecule has 0 aromatic carbocycles.